The highest BCUT2D eigenvalue weighted by Gasteiger charge is 2.31. The molecule has 5 nitrogen and oxygen atoms in total. The molecule has 1 aromatic rings. The molecule has 0 spiro atoms. The SMILES string of the molecule is CC(C)C(=O)N1CCC(C(=O)N2CCCN(Cc3ccccc3)CC2)CC1. The van der Waals surface area contributed by atoms with E-state index in [1.165, 1.54) is 5.56 Å². The van der Waals surface area contributed by atoms with Gasteiger partial charge in [0.15, 0.2) is 0 Å². The summed E-state index contributed by atoms with van der Waals surface area (Å²) >= 11 is 0. The Bertz CT molecular complexity index is 624. The number of rotatable bonds is 4. The maximum Gasteiger partial charge on any atom is 0.225 e. The second-order valence-electron chi connectivity index (χ2n) is 8.19. The number of piperidine rings is 1. The third-order valence-corrected chi connectivity index (χ3v) is 5.80. The Morgan fingerprint density at radius 1 is 0.926 bits per heavy atom. The Morgan fingerprint density at radius 3 is 2.30 bits per heavy atom. The lowest BCUT2D eigenvalue weighted by molar-refractivity contribution is -0.142. The van der Waals surface area contributed by atoms with Crippen LogP contribution in [-0.4, -0.2) is 65.8 Å². The molecule has 3 rings (SSSR count). The topological polar surface area (TPSA) is 43.9 Å². The summed E-state index contributed by atoms with van der Waals surface area (Å²) in [6.07, 6.45) is 2.65. The molecule has 2 saturated heterocycles. The number of hydrogen-bond acceptors (Lipinski definition) is 3. The van der Waals surface area contributed by atoms with Gasteiger partial charge in [0.1, 0.15) is 0 Å². The summed E-state index contributed by atoms with van der Waals surface area (Å²) in [5.74, 6) is 0.640. The van der Waals surface area contributed by atoms with E-state index in [4.69, 9.17) is 0 Å². The first-order chi connectivity index (χ1) is 13.0. The normalized spacial score (nSPS) is 20.0. The molecule has 0 aliphatic carbocycles. The number of amides is 2. The molecule has 2 amide bonds. The average molecular weight is 372 g/mol. The highest BCUT2D eigenvalue weighted by molar-refractivity contribution is 5.81. The molecule has 1 aromatic carbocycles. The molecule has 2 heterocycles. The maximum absolute atomic E-state index is 13.0. The van der Waals surface area contributed by atoms with Crippen molar-refractivity contribution in [3.63, 3.8) is 0 Å². The minimum atomic E-state index is 0.0402. The van der Waals surface area contributed by atoms with Gasteiger partial charge in [-0.2, -0.15) is 0 Å². The zero-order valence-electron chi connectivity index (χ0n) is 16.8. The number of likely N-dealkylation sites (tertiary alicyclic amines) is 1. The molecule has 2 fully saturated rings. The van der Waals surface area contributed by atoms with Gasteiger partial charge in [0, 0.05) is 57.6 Å². The molecule has 0 unspecified atom stereocenters. The number of benzene rings is 1. The van der Waals surface area contributed by atoms with Crippen molar-refractivity contribution < 1.29 is 9.59 Å². The van der Waals surface area contributed by atoms with Crippen LogP contribution in [0.3, 0.4) is 0 Å². The van der Waals surface area contributed by atoms with Crippen LogP contribution in [0.5, 0.6) is 0 Å². The summed E-state index contributed by atoms with van der Waals surface area (Å²) in [5, 5.41) is 0. The van der Waals surface area contributed by atoms with Gasteiger partial charge in [0.05, 0.1) is 0 Å². The summed E-state index contributed by atoms with van der Waals surface area (Å²) < 4.78 is 0. The molecule has 0 N–H and O–H groups in total. The molecule has 0 aromatic heterocycles. The number of hydrogen-bond donors (Lipinski definition) is 0. The summed E-state index contributed by atoms with van der Waals surface area (Å²) in [7, 11) is 0. The molecular weight excluding hydrogens is 338 g/mol. The molecule has 2 aliphatic rings. The van der Waals surface area contributed by atoms with Crippen LogP contribution in [0, 0.1) is 11.8 Å². The highest BCUT2D eigenvalue weighted by Crippen LogP contribution is 2.22. The summed E-state index contributed by atoms with van der Waals surface area (Å²) in [6, 6.07) is 10.5. The third-order valence-electron chi connectivity index (χ3n) is 5.80. The van der Waals surface area contributed by atoms with E-state index in [0.29, 0.717) is 5.91 Å². The van der Waals surface area contributed by atoms with Gasteiger partial charge in [-0.15, -0.1) is 0 Å². The first-order valence-electron chi connectivity index (χ1n) is 10.4. The molecule has 0 saturated carbocycles. The minimum Gasteiger partial charge on any atom is -0.342 e. The van der Waals surface area contributed by atoms with Crippen molar-refractivity contribution in [1.82, 2.24) is 14.7 Å². The first kappa shape index (κ1) is 19.9. The van der Waals surface area contributed by atoms with Crippen molar-refractivity contribution in [2.24, 2.45) is 11.8 Å². The van der Waals surface area contributed by atoms with Gasteiger partial charge in [-0.3, -0.25) is 14.5 Å². The van der Waals surface area contributed by atoms with Crippen molar-refractivity contribution >= 4 is 11.8 Å². The van der Waals surface area contributed by atoms with Gasteiger partial charge < -0.3 is 9.80 Å². The number of carbonyl (C=O) groups is 2. The fraction of sp³-hybridized carbons (Fsp3) is 0.636. The molecule has 5 heteroatoms. The number of carbonyl (C=O) groups excluding carboxylic acids is 2. The second-order valence-corrected chi connectivity index (χ2v) is 8.19. The Kier molecular flexibility index (Phi) is 6.89. The maximum atomic E-state index is 13.0. The quantitative estimate of drug-likeness (QED) is 0.817. The van der Waals surface area contributed by atoms with Crippen molar-refractivity contribution in [3.05, 3.63) is 35.9 Å². The highest BCUT2D eigenvalue weighted by atomic mass is 16.2. The van der Waals surface area contributed by atoms with E-state index in [1.54, 1.807) is 0 Å². The lowest BCUT2D eigenvalue weighted by Crippen LogP contribution is -2.46. The van der Waals surface area contributed by atoms with Crippen LogP contribution < -0.4 is 0 Å². The summed E-state index contributed by atoms with van der Waals surface area (Å²) in [6.45, 7) is 9.94. The van der Waals surface area contributed by atoms with E-state index in [-0.39, 0.29) is 17.7 Å². The molecule has 27 heavy (non-hydrogen) atoms. The van der Waals surface area contributed by atoms with E-state index in [2.05, 4.69) is 34.1 Å². The van der Waals surface area contributed by atoms with E-state index in [1.807, 2.05) is 24.8 Å². The van der Waals surface area contributed by atoms with Crippen LogP contribution in [0.4, 0.5) is 0 Å². The fourth-order valence-corrected chi connectivity index (χ4v) is 4.16. The van der Waals surface area contributed by atoms with Gasteiger partial charge in [0.25, 0.3) is 0 Å². The fourth-order valence-electron chi connectivity index (χ4n) is 4.16. The van der Waals surface area contributed by atoms with Crippen LogP contribution in [0.25, 0.3) is 0 Å². The Morgan fingerprint density at radius 2 is 1.63 bits per heavy atom. The first-order valence-corrected chi connectivity index (χ1v) is 10.4. The van der Waals surface area contributed by atoms with E-state index in [9.17, 15) is 9.59 Å². The summed E-state index contributed by atoms with van der Waals surface area (Å²) in [5.41, 5.74) is 1.33. The smallest absolute Gasteiger partial charge is 0.225 e. The average Bonchev–Trinajstić information content (AvgIpc) is 2.93. The monoisotopic (exact) mass is 371 g/mol. The van der Waals surface area contributed by atoms with Gasteiger partial charge in [-0.25, -0.2) is 0 Å². The zero-order valence-corrected chi connectivity index (χ0v) is 16.8. The predicted octanol–water partition coefficient (Wildman–Crippen LogP) is 2.62. The Balaban J connectivity index is 1.48. The zero-order chi connectivity index (χ0) is 19.2. The third kappa shape index (κ3) is 5.32. The molecule has 0 radical (unpaired) electrons. The standard InChI is InChI=1S/C22H33N3O2/c1-18(2)21(26)25-13-9-20(10-14-25)22(27)24-12-6-11-23(15-16-24)17-19-7-4-3-5-8-19/h3-5,7-8,18,20H,6,9-17H2,1-2H3. The second kappa shape index (κ2) is 9.36. The van der Waals surface area contributed by atoms with Crippen LogP contribution >= 0.6 is 0 Å². The van der Waals surface area contributed by atoms with E-state index >= 15 is 0 Å². The van der Waals surface area contributed by atoms with Crippen molar-refractivity contribution in [2.45, 2.75) is 39.7 Å². The lowest BCUT2D eigenvalue weighted by atomic mass is 9.94. The van der Waals surface area contributed by atoms with Crippen LogP contribution in [-0.2, 0) is 16.1 Å². The van der Waals surface area contributed by atoms with Crippen LogP contribution in [0.2, 0.25) is 0 Å². The minimum absolute atomic E-state index is 0.0402. The Labute approximate surface area is 163 Å². The van der Waals surface area contributed by atoms with Gasteiger partial charge >= 0.3 is 0 Å². The van der Waals surface area contributed by atoms with Crippen molar-refractivity contribution in [2.75, 3.05) is 39.3 Å². The number of nitrogens with zero attached hydrogens (tertiary/aromatic N) is 3. The lowest BCUT2D eigenvalue weighted by Gasteiger charge is -2.34. The van der Waals surface area contributed by atoms with Gasteiger partial charge in [0.2, 0.25) is 11.8 Å². The van der Waals surface area contributed by atoms with Crippen LogP contribution in [0.15, 0.2) is 30.3 Å². The predicted molar refractivity (Wildman–Crippen MR) is 107 cm³/mol. The largest absolute Gasteiger partial charge is 0.342 e. The Hall–Kier alpha value is -1.88. The van der Waals surface area contributed by atoms with Gasteiger partial charge in [-0.05, 0) is 24.8 Å². The molecule has 0 atom stereocenters. The van der Waals surface area contributed by atoms with Gasteiger partial charge in [-0.1, -0.05) is 44.2 Å². The summed E-state index contributed by atoms with van der Waals surface area (Å²) in [4.78, 5) is 31.6. The van der Waals surface area contributed by atoms with Crippen LogP contribution in [0.1, 0.15) is 38.7 Å². The van der Waals surface area contributed by atoms with Crippen molar-refractivity contribution in [1.29, 1.82) is 0 Å². The van der Waals surface area contributed by atoms with Crippen molar-refractivity contribution in [3.8, 4) is 0 Å². The molecular formula is C22H33N3O2. The van der Waals surface area contributed by atoms with E-state index in [0.717, 1.165) is 65.1 Å². The molecule has 2 aliphatic heterocycles. The molecule has 148 valence electrons. The van der Waals surface area contributed by atoms with E-state index < -0.39 is 0 Å². The molecule has 0 bridgehead atoms.